The Bertz CT molecular complexity index is 818. The van der Waals surface area contributed by atoms with Crippen molar-refractivity contribution in [3.63, 3.8) is 0 Å². The molecule has 0 aliphatic rings. The highest BCUT2D eigenvalue weighted by molar-refractivity contribution is 5.87. The average molecular weight is 667 g/mol. The molecule has 0 aromatic rings. The summed E-state index contributed by atoms with van der Waals surface area (Å²) in [5.41, 5.74) is 0. The van der Waals surface area contributed by atoms with E-state index in [1.165, 1.54) is 83.5 Å². The van der Waals surface area contributed by atoms with Gasteiger partial charge in [0, 0.05) is 12.8 Å². The van der Waals surface area contributed by atoms with Gasteiger partial charge in [0.15, 0.2) is 0 Å². The van der Waals surface area contributed by atoms with E-state index in [0.717, 1.165) is 64.2 Å². The van der Waals surface area contributed by atoms with Crippen LogP contribution < -0.4 is 10.6 Å². The molecule has 0 rings (SSSR count). The van der Waals surface area contributed by atoms with Crippen LogP contribution in [-0.4, -0.2) is 59.3 Å². The molecule has 4 N–H and O–H groups in total. The second-order valence-corrected chi connectivity index (χ2v) is 13.0. The minimum Gasteiger partial charge on any atom is -0.480 e. The Hall–Kier alpha value is -2.42. The molecule has 47 heavy (non-hydrogen) atoms. The van der Waals surface area contributed by atoms with E-state index in [4.69, 9.17) is 14.9 Å². The lowest BCUT2D eigenvalue weighted by molar-refractivity contribution is -0.150. The number of nitrogens with one attached hydrogen (secondary N) is 2. The first-order chi connectivity index (χ1) is 22.8. The van der Waals surface area contributed by atoms with Crippen molar-refractivity contribution in [2.24, 2.45) is 0 Å². The van der Waals surface area contributed by atoms with Gasteiger partial charge >= 0.3 is 11.9 Å². The van der Waals surface area contributed by atoms with Crippen molar-refractivity contribution in [3.8, 4) is 0 Å². The molecule has 9 heteroatoms. The van der Waals surface area contributed by atoms with Crippen LogP contribution in [0.5, 0.6) is 0 Å². The Kier molecular flexibility index (Phi) is 31.8. The van der Waals surface area contributed by atoms with Crippen LogP contribution in [0.1, 0.15) is 181 Å². The SMILES string of the molecule is CCC/C=C\CCCCCCCC(=O)OC(CCCCCCCCCCC)CCCCCCCC(=O)NCC(=O)NC(CO)C(=O)O. The van der Waals surface area contributed by atoms with Crippen molar-refractivity contribution in [3.05, 3.63) is 12.2 Å². The Morgan fingerprint density at radius 3 is 1.68 bits per heavy atom. The minimum atomic E-state index is -1.38. The maximum absolute atomic E-state index is 12.6. The summed E-state index contributed by atoms with van der Waals surface area (Å²) in [5.74, 6) is -2.30. The second kappa shape index (κ2) is 33.5. The number of carboxylic acids is 1. The molecule has 0 aliphatic carbocycles. The molecule has 2 atom stereocenters. The lowest BCUT2D eigenvalue weighted by Gasteiger charge is -2.18. The van der Waals surface area contributed by atoms with E-state index in [9.17, 15) is 19.2 Å². The molecule has 0 aliphatic heterocycles. The van der Waals surface area contributed by atoms with E-state index < -0.39 is 24.5 Å². The molecule has 0 saturated heterocycles. The molecule has 9 nitrogen and oxygen atoms in total. The lowest BCUT2D eigenvalue weighted by atomic mass is 10.0. The van der Waals surface area contributed by atoms with Gasteiger partial charge in [-0.25, -0.2) is 4.79 Å². The standard InChI is InChI=1S/C38H70N2O7/c1-3-5-7-9-11-13-15-17-22-26-30-37(44)47-33(27-23-19-16-14-12-10-8-6-4-2)28-24-20-18-21-25-29-35(42)39-31-36(43)40-34(32-41)38(45)46/h7,9,33-34,41H,3-6,8,10-32H2,1-2H3,(H,39,42)(H,40,43)(H,45,46)/b9-7-. The first kappa shape index (κ1) is 44.6. The maximum Gasteiger partial charge on any atom is 0.328 e. The number of amides is 2. The minimum absolute atomic E-state index is 0.00885. The molecule has 2 unspecified atom stereocenters. The largest absolute Gasteiger partial charge is 0.480 e. The number of ether oxygens (including phenoxy) is 1. The number of rotatable bonds is 34. The summed E-state index contributed by atoms with van der Waals surface area (Å²) in [4.78, 5) is 47.3. The molecule has 0 spiro atoms. The molecule has 0 aromatic heterocycles. The maximum atomic E-state index is 12.6. The number of aliphatic hydroxyl groups excluding tert-OH is 1. The number of esters is 1. The van der Waals surface area contributed by atoms with Crippen molar-refractivity contribution < 1.29 is 34.1 Å². The fourth-order valence-electron chi connectivity index (χ4n) is 5.54. The van der Waals surface area contributed by atoms with Crippen molar-refractivity contribution >= 4 is 23.8 Å². The van der Waals surface area contributed by atoms with Crippen LogP contribution in [0.25, 0.3) is 0 Å². The normalized spacial score (nSPS) is 12.6. The van der Waals surface area contributed by atoms with E-state index in [2.05, 4.69) is 36.6 Å². The van der Waals surface area contributed by atoms with Gasteiger partial charge in [0.05, 0.1) is 13.2 Å². The first-order valence-corrected chi connectivity index (χ1v) is 19.1. The van der Waals surface area contributed by atoms with Crippen molar-refractivity contribution in [1.29, 1.82) is 0 Å². The highest BCUT2D eigenvalue weighted by Crippen LogP contribution is 2.19. The Balaban J connectivity index is 4.26. The number of aliphatic hydroxyl groups is 1. The third-order valence-electron chi connectivity index (χ3n) is 8.49. The van der Waals surface area contributed by atoms with Gasteiger partial charge < -0.3 is 25.6 Å². The van der Waals surface area contributed by atoms with Crippen LogP contribution in [0.3, 0.4) is 0 Å². The van der Waals surface area contributed by atoms with Crippen LogP contribution in [-0.2, 0) is 23.9 Å². The number of carbonyl (C=O) groups is 4. The number of hydrogen-bond acceptors (Lipinski definition) is 6. The van der Waals surface area contributed by atoms with E-state index in [1.807, 2.05) is 0 Å². The predicted octanol–water partition coefficient (Wildman–Crippen LogP) is 8.31. The van der Waals surface area contributed by atoms with Gasteiger partial charge in [-0.05, 0) is 57.8 Å². The summed E-state index contributed by atoms with van der Waals surface area (Å²) >= 11 is 0. The van der Waals surface area contributed by atoms with E-state index in [-0.39, 0.29) is 24.5 Å². The number of unbranched alkanes of at least 4 members (excludes halogenated alkanes) is 18. The Morgan fingerprint density at radius 2 is 1.13 bits per heavy atom. The molecule has 0 fully saturated rings. The van der Waals surface area contributed by atoms with Gasteiger partial charge in [-0.15, -0.1) is 0 Å². The van der Waals surface area contributed by atoms with Gasteiger partial charge in [-0.3, -0.25) is 14.4 Å². The molecule has 0 bridgehead atoms. The summed E-state index contributed by atoms with van der Waals surface area (Å²) in [6.45, 7) is 3.41. The summed E-state index contributed by atoms with van der Waals surface area (Å²) in [7, 11) is 0. The van der Waals surface area contributed by atoms with Gasteiger partial charge in [0.1, 0.15) is 12.1 Å². The monoisotopic (exact) mass is 667 g/mol. The molecular formula is C38H70N2O7. The Labute approximate surface area is 286 Å². The molecule has 0 aromatic carbocycles. The fraction of sp³-hybridized carbons (Fsp3) is 0.842. The van der Waals surface area contributed by atoms with Crippen LogP contribution in [0, 0.1) is 0 Å². The topological polar surface area (TPSA) is 142 Å². The molecule has 0 saturated carbocycles. The number of carboxylic acid groups (broad SMARTS) is 1. The summed E-state index contributed by atoms with van der Waals surface area (Å²) in [6.07, 6.45) is 32.4. The van der Waals surface area contributed by atoms with Crippen LogP contribution in [0.2, 0.25) is 0 Å². The third-order valence-corrected chi connectivity index (χ3v) is 8.49. The third kappa shape index (κ3) is 30.7. The highest BCUT2D eigenvalue weighted by Gasteiger charge is 2.19. The Morgan fingerprint density at radius 1 is 0.617 bits per heavy atom. The quantitative estimate of drug-likeness (QED) is 0.0307. The number of carbonyl (C=O) groups excluding carboxylic acids is 3. The zero-order chi connectivity index (χ0) is 34.8. The molecule has 0 heterocycles. The van der Waals surface area contributed by atoms with E-state index in [1.54, 1.807) is 0 Å². The molecule has 274 valence electrons. The van der Waals surface area contributed by atoms with Crippen LogP contribution in [0.15, 0.2) is 12.2 Å². The van der Waals surface area contributed by atoms with Crippen molar-refractivity contribution in [1.82, 2.24) is 10.6 Å². The van der Waals surface area contributed by atoms with E-state index in [0.29, 0.717) is 19.3 Å². The number of aliphatic carboxylic acids is 1. The van der Waals surface area contributed by atoms with Gasteiger partial charge in [0.2, 0.25) is 11.8 Å². The fourth-order valence-corrected chi connectivity index (χ4v) is 5.54. The van der Waals surface area contributed by atoms with Crippen LogP contribution >= 0.6 is 0 Å². The number of allylic oxidation sites excluding steroid dienone is 2. The molecule has 2 amide bonds. The first-order valence-electron chi connectivity index (χ1n) is 19.1. The zero-order valence-electron chi connectivity index (χ0n) is 30.0. The van der Waals surface area contributed by atoms with Crippen LogP contribution in [0.4, 0.5) is 0 Å². The van der Waals surface area contributed by atoms with Gasteiger partial charge in [0.25, 0.3) is 0 Å². The van der Waals surface area contributed by atoms with Crippen molar-refractivity contribution in [2.75, 3.05) is 13.2 Å². The summed E-state index contributed by atoms with van der Waals surface area (Å²) in [6, 6.07) is -1.38. The average Bonchev–Trinajstić information content (AvgIpc) is 3.05. The smallest absolute Gasteiger partial charge is 0.328 e. The predicted molar refractivity (Wildman–Crippen MR) is 190 cm³/mol. The molecular weight excluding hydrogens is 596 g/mol. The summed E-state index contributed by atoms with van der Waals surface area (Å²) in [5, 5.41) is 22.5. The highest BCUT2D eigenvalue weighted by atomic mass is 16.5. The lowest BCUT2D eigenvalue weighted by Crippen LogP contribution is -2.47. The van der Waals surface area contributed by atoms with E-state index >= 15 is 0 Å². The van der Waals surface area contributed by atoms with Crippen molar-refractivity contribution in [2.45, 2.75) is 193 Å². The summed E-state index contributed by atoms with van der Waals surface area (Å²) < 4.78 is 5.97. The van der Waals surface area contributed by atoms with Gasteiger partial charge in [-0.1, -0.05) is 122 Å². The second-order valence-electron chi connectivity index (χ2n) is 13.0. The number of hydrogen-bond donors (Lipinski definition) is 4. The zero-order valence-corrected chi connectivity index (χ0v) is 30.0. The van der Waals surface area contributed by atoms with Gasteiger partial charge in [-0.2, -0.15) is 0 Å². The molecule has 0 radical (unpaired) electrons.